The van der Waals surface area contributed by atoms with Gasteiger partial charge in [0.05, 0.1) is 31.2 Å². The Morgan fingerprint density at radius 3 is 2.74 bits per heavy atom. The van der Waals surface area contributed by atoms with Gasteiger partial charge in [-0.1, -0.05) is 0 Å². The van der Waals surface area contributed by atoms with Crippen molar-refractivity contribution in [1.29, 1.82) is 5.26 Å². The van der Waals surface area contributed by atoms with E-state index in [1.807, 2.05) is 0 Å². The van der Waals surface area contributed by atoms with Gasteiger partial charge in [-0.3, -0.25) is 14.6 Å². The summed E-state index contributed by atoms with van der Waals surface area (Å²) < 4.78 is 5.31. The van der Waals surface area contributed by atoms with Crippen molar-refractivity contribution in [2.24, 2.45) is 5.73 Å². The van der Waals surface area contributed by atoms with Gasteiger partial charge in [-0.25, -0.2) is 0 Å². The van der Waals surface area contributed by atoms with E-state index in [9.17, 15) is 4.79 Å². The van der Waals surface area contributed by atoms with E-state index >= 15 is 0 Å². The van der Waals surface area contributed by atoms with Gasteiger partial charge in [-0.15, -0.1) is 0 Å². The van der Waals surface area contributed by atoms with Gasteiger partial charge >= 0.3 is 0 Å². The molecular formula is C13H21N4O2. The maximum atomic E-state index is 11.5. The minimum Gasteiger partial charge on any atom is -0.379 e. The van der Waals surface area contributed by atoms with Gasteiger partial charge in [0.15, 0.2) is 0 Å². The number of nitrogens with zero attached hydrogens (tertiary/aromatic N) is 3. The molecule has 19 heavy (non-hydrogen) atoms. The fraction of sp³-hybridized carbons (Fsp3) is 0.769. The number of piperidine rings is 1. The van der Waals surface area contributed by atoms with Crippen LogP contribution in [0.1, 0.15) is 12.8 Å². The van der Waals surface area contributed by atoms with E-state index in [1.165, 1.54) is 0 Å². The molecular weight excluding hydrogens is 244 g/mol. The Balaban J connectivity index is 1.83. The van der Waals surface area contributed by atoms with E-state index in [0.717, 1.165) is 58.3 Å². The van der Waals surface area contributed by atoms with Gasteiger partial charge in [0, 0.05) is 32.7 Å². The van der Waals surface area contributed by atoms with Crippen molar-refractivity contribution in [3.63, 3.8) is 0 Å². The van der Waals surface area contributed by atoms with Crippen LogP contribution in [-0.2, 0) is 9.53 Å². The maximum Gasteiger partial charge on any atom is 0.234 e. The number of amides is 1. The summed E-state index contributed by atoms with van der Waals surface area (Å²) in [4.78, 5) is 15.9. The minimum atomic E-state index is -0.325. The van der Waals surface area contributed by atoms with Crippen LogP contribution in [0.15, 0.2) is 0 Å². The first-order chi connectivity index (χ1) is 9.20. The zero-order valence-corrected chi connectivity index (χ0v) is 11.2. The molecule has 1 amide bonds. The number of primary amides is 1. The smallest absolute Gasteiger partial charge is 0.234 e. The predicted molar refractivity (Wildman–Crippen MR) is 69.9 cm³/mol. The average molecular weight is 265 g/mol. The topological polar surface area (TPSA) is 82.6 Å². The number of carbonyl (C=O) groups is 1. The predicted octanol–water partition coefficient (Wildman–Crippen LogP) is -0.634. The second kappa shape index (κ2) is 6.85. The number of hydrogen-bond acceptors (Lipinski definition) is 5. The number of nitriles is 1. The number of nitrogens with two attached hydrogens (primary N) is 1. The molecule has 105 valence electrons. The molecule has 0 aliphatic carbocycles. The Morgan fingerprint density at radius 2 is 2.11 bits per heavy atom. The molecule has 2 N–H and O–H groups in total. The zero-order chi connectivity index (χ0) is 13.7. The third-order valence-corrected chi connectivity index (χ3v) is 3.87. The molecule has 2 fully saturated rings. The summed E-state index contributed by atoms with van der Waals surface area (Å²) in [5.41, 5.74) is 5.45. The molecule has 2 saturated heterocycles. The molecule has 1 unspecified atom stereocenters. The van der Waals surface area contributed by atoms with Crippen LogP contribution in [0, 0.1) is 17.2 Å². The lowest BCUT2D eigenvalue weighted by Crippen LogP contribution is -2.52. The number of rotatable bonds is 4. The van der Waals surface area contributed by atoms with Gasteiger partial charge in [0.1, 0.15) is 0 Å². The monoisotopic (exact) mass is 265 g/mol. The van der Waals surface area contributed by atoms with Crippen LogP contribution in [0.5, 0.6) is 0 Å². The standard InChI is InChI=1S/C13H21N4O2/c14-10-11-1-2-17(12(9-11)13(15)18)4-3-16-5-7-19-8-6-16/h12H,1-9H2,(H2,15,18). The minimum absolute atomic E-state index is 0.315. The summed E-state index contributed by atoms with van der Waals surface area (Å²) in [6.45, 7) is 5.97. The highest BCUT2D eigenvalue weighted by atomic mass is 16.5. The third kappa shape index (κ3) is 3.90. The van der Waals surface area contributed by atoms with E-state index < -0.39 is 0 Å². The Labute approximate surface area is 114 Å². The quantitative estimate of drug-likeness (QED) is 0.731. The highest BCUT2D eigenvalue weighted by Gasteiger charge is 2.32. The van der Waals surface area contributed by atoms with Crippen LogP contribution < -0.4 is 5.73 Å². The van der Waals surface area contributed by atoms with Crippen LogP contribution in [0.25, 0.3) is 0 Å². The number of hydrogen-bond donors (Lipinski definition) is 1. The van der Waals surface area contributed by atoms with Crippen LogP contribution >= 0.6 is 0 Å². The molecule has 0 bridgehead atoms. The van der Waals surface area contributed by atoms with Crippen molar-refractivity contribution >= 4 is 5.91 Å². The first kappa shape index (κ1) is 14.3. The number of carbonyl (C=O) groups excluding carboxylic acids is 1. The lowest BCUT2D eigenvalue weighted by atomic mass is 9.91. The molecule has 2 rings (SSSR count). The van der Waals surface area contributed by atoms with E-state index in [4.69, 9.17) is 15.7 Å². The second-order valence-electron chi connectivity index (χ2n) is 5.08. The third-order valence-electron chi connectivity index (χ3n) is 3.87. The molecule has 0 aromatic carbocycles. The van der Waals surface area contributed by atoms with Crippen LogP contribution in [-0.4, -0.2) is 67.7 Å². The van der Waals surface area contributed by atoms with Crippen molar-refractivity contribution in [2.45, 2.75) is 18.9 Å². The van der Waals surface area contributed by atoms with Crippen molar-refractivity contribution in [3.8, 4) is 6.07 Å². The molecule has 6 heteroatoms. The molecule has 0 aromatic rings. The SMILES string of the molecule is N#C[C]1CCN(CCN2CCOCC2)C(C(N)=O)C1. The lowest BCUT2D eigenvalue weighted by Gasteiger charge is -2.37. The highest BCUT2D eigenvalue weighted by molar-refractivity contribution is 5.80. The fourth-order valence-electron chi connectivity index (χ4n) is 2.64. The summed E-state index contributed by atoms with van der Waals surface area (Å²) in [6.07, 6.45) is 1.25. The highest BCUT2D eigenvalue weighted by Crippen LogP contribution is 2.23. The van der Waals surface area contributed by atoms with E-state index in [-0.39, 0.29) is 11.9 Å². The van der Waals surface area contributed by atoms with Gasteiger partial charge in [-0.2, -0.15) is 5.26 Å². The average Bonchev–Trinajstić information content (AvgIpc) is 2.46. The molecule has 2 heterocycles. The largest absolute Gasteiger partial charge is 0.379 e. The van der Waals surface area contributed by atoms with Crippen molar-refractivity contribution in [3.05, 3.63) is 5.92 Å². The van der Waals surface area contributed by atoms with Crippen molar-refractivity contribution in [2.75, 3.05) is 45.9 Å². The van der Waals surface area contributed by atoms with Crippen molar-refractivity contribution < 1.29 is 9.53 Å². The zero-order valence-electron chi connectivity index (χ0n) is 11.2. The lowest BCUT2D eigenvalue weighted by molar-refractivity contribution is -0.124. The Kier molecular flexibility index (Phi) is 5.14. The summed E-state index contributed by atoms with van der Waals surface area (Å²) >= 11 is 0. The normalized spacial score (nSPS) is 27.0. The first-order valence-corrected chi connectivity index (χ1v) is 6.79. The summed E-state index contributed by atoms with van der Waals surface area (Å²) in [6, 6.07) is 1.85. The second-order valence-corrected chi connectivity index (χ2v) is 5.08. The molecule has 1 atom stereocenters. The first-order valence-electron chi connectivity index (χ1n) is 6.79. The summed E-state index contributed by atoms with van der Waals surface area (Å²) in [7, 11) is 0. The molecule has 0 aromatic heterocycles. The molecule has 0 spiro atoms. The van der Waals surface area contributed by atoms with Crippen molar-refractivity contribution in [1.82, 2.24) is 9.80 Å². The molecule has 1 radical (unpaired) electrons. The van der Waals surface area contributed by atoms with Crippen LogP contribution in [0.2, 0.25) is 0 Å². The number of likely N-dealkylation sites (tertiary alicyclic amines) is 1. The van der Waals surface area contributed by atoms with Gasteiger partial charge in [0.25, 0.3) is 0 Å². The fourth-order valence-corrected chi connectivity index (χ4v) is 2.64. The Hall–Kier alpha value is -1.16. The number of ether oxygens (including phenoxy) is 1. The van der Waals surface area contributed by atoms with Gasteiger partial charge in [0.2, 0.25) is 5.91 Å². The molecule has 2 aliphatic rings. The van der Waals surface area contributed by atoms with E-state index in [0.29, 0.717) is 6.42 Å². The van der Waals surface area contributed by atoms with Crippen LogP contribution in [0.3, 0.4) is 0 Å². The van der Waals surface area contributed by atoms with Gasteiger partial charge in [-0.05, 0) is 12.8 Å². The van der Waals surface area contributed by atoms with E-state index in [2.05, 4.69) is 15.9 Å². The van der Waals surface area contributed by atoms with E-state index in [1.54, 1.807) is 0 Å². The molecule has 2 aliphatic heterocycles. The Bertz CT molecular complexity index is 349. The molecule has 6 nitrogen and oxygen atoms in total. The van der Waals surface area contributed by atoms with Crippen LogP contribution in [0.4, 0.5) is 0 Å². The summed E-state index contributed by atoms with van der Waals surface area (Å²) in [5.74, 6) is 0.459. The number of morpholine rings is 1. The van der Waals surface area contributed by atoms with Gasteiger partial charge < -0.3 is 10.5 Å². The maximum absolute atomic E-state index is 11.5. The molecule has 0 saturated carbocycles. The Morgan fingerprint density at radius 1 is 1.37 bits per heavy atom. The summed E-state index contributed by atoms with van der Waals surface area (Å²) in [5, 5.41) is 8.93.